The van der Waals surface area contributed by atoms with E-state index in [9.17, 15) is 14.7 Å². The minimum Gasteiger partial charge on any atom is -0.497 e. The van der Waals surface area contributed by atoms with Gasteiger partial charge in [-0.2, -0.15) is 0 Å². The summed E-state index contributed by atoms with van der Waals surface area (Å²) < 4.78 is 10.5. The number of carbonyl (C=O) groups is 2. The van der Waals surface area contributed by atoms with Crippen molar-refractivity contribution < 1.29 is 24.2 Å². The summed E-state index contributed by atoms with van der Waals surface area (Å²) in [5, 5.41) is 10.3. The lowest BCUT2D eigenvalue weighted by Gasteiger charge is -2.22. The molecule has 0 bridgehead atoms. The monoisotopic (exact) mass is 396 g/mol. The van der Waals surface area contributed by atoms with Crippen LogP contribution in [0.3, 0.4) is 0 Å². The number of methoxy groups -OCH3 is 2. The Kier molecular flexibility index (Phi) is 6.07. The molecule has 1 heterocycles. The van der Waals surface area contributed by atoms with Crippen molar-refractivity contribution in [1.29, 1.82) is 0 Å². The molecular formula is C22H24N2O5. The summed E-state index contributed by atoms with van der Waals surface area (Å²) in [6.45, 7) is 1.66. The van der Waals surface area contributed by atoms with E-state index in [0.717, 1.165) is 27.7 Å². The summed E-state index contributed by atoms with van der Waals surface area (Å²) >= 11 is 0. The van der Waals surface area contributed by atoms with Gasteiger partial charge in [-0.1, -0.05) is 18.2 Å². The second-order valence-corrected chi connectivity index (χ2v) is 6.82. The number of carboxylic acid groups (broad SMARTS) is 1. The zero-order chi connectivity index (χ0) is 21.0. The number of benzene rings is 2. The Labute approximate surface area is 168 Å². The maximum absolute atomic E-state index is 13.0. The zero-order valence-corrected chi connectivity index (χ0v) is 16.7. The molecule has 0 unspecified atom stereocenters. The summed E-state index contributed by atoms with van der Waals surface area (Å²) in [4.78, 5) is 29.0. The molecule has 2 aromatic carbocycles. The van der Waals surface area contributed by atoms with Gasteiger partial charge < -0.3 is 24.5 Å². The average molecular weight is 396 g/mol. The van der Waals surface area contributed by atoms with Crippen LogP contribution in [0.15, 0.2) is 42.5 Å². The number of ether oxygens (including phenoxy) is 2. The van der Waals surface area contributed by atoms with E-state index in [1.165, 1.54) is 4.90 Å². The van der Waals surface area contributed by atoms with Gasteiger partial charge in [-0.05, 0) is 36.2 Å². The maximum atomic E-state index is 13.0. The number of fused-ring (bicyclic) bond motifs is 1. The SMILES string of the molecule is COc1cc(CN(CC(=O)O)C(=O)Cc2c(C)[nH]c3ccccc23)cc(OC)c1. The quantitative estimate of drug-likeness (QED) is 0.610. The highest BCUT2D eigenvalue weighted by Gasteiger charge is 2.21. The summed E-state index contributed by atoms with van der Waals surface area (Å²) in [6.07, 6.45) is 0.115. The summed E-state index contributed by atoms with van der Waals surface area (Å²) in [7, 11) is 3.08. The van der Waals surface area contributed by atoms with Crippen LogP contribution in [-0.4, -0.2) is 47.6 Å². The molecule has 0 radical (unpaired) electrons. The fraction of sp³-hybridized carbons (Fsp3) is 0.273. The third kappa shape index (κ3) is 4.68. The van der Waals surface area contributed by atoms with E-state index in [2.05, 4.69) is 4.98 Å². The van der Waals surface area contributed by atoms with Crippen molar-refractivity contribution in [2.24, 2.45) is 0 Å². The molecule has 7 heteroatoms. The largest absolute Gasteiger partial charge is 0.497 e. The van der Waals surface area contributed by atoms with Crippen molar-refractivity contribution in [2.75, 3.05) is 20.8 Å². The number of nitrogens with one attached hydrogen (secondary N) is 1. The van der Waals surface area contributed by atoms with E-state index >= 15 is 0 Å². The van der Waals surface area contributed by atoms with Crippen LogP contribution in [-0.2, 0) is 22.6 Å². The normalized spacial score (nSPS) is 10.7. The number of H-pyrrole nitrogens is 1. The Morgan fingerprint density at radius 3 is 2.34 bits per heavy atom. The molecule has 152 valence electrons. The molecule has 2 N–H and O–H groups in total. The topological polar surface area (TPSA) is 91.9 Å². The van der Waals surface area contributed by atoms with Gasteiger partial charge in [0, 0.05) is 29.2 Å². The number of carboxylic acids is 1. The number of aliphatic carboxylic acids is 1. The second kappa shape index (κ2) is 8.68. The fourth-order valence-electron chi connectivity index (χ4n) is 3.40. The van der Waals surface area contributed by atoms with Crippen molar-refractivity contribution in [3.05, 3.63) is 59.3 Å². The molecular weight excluding hydrogens is 372 g/mol. The second-order valence-electron chi connectivity index (χ2n) is 6.82. The molecule has 0 aliphatic heterocycles. The van der Waals surface area contributed by atoms with Gasteiger partial charge in [0.25, 0.3) is 0 Å². The third-order valence-corrected chi connectivity index (χ3v) is 4.82. The van der Waals surface area contributed by atoms with Crippen LogP contribution in [0.2, 0.25) is 0 Å². The van der Waals surface area contributed by atoms with Crippen LogP contribution in [0, 0.1) is 6.92 Å². The number of para-hydroxylation sites is 1. The van der Waals surface area contributed by atoms with Crippen LogP contribution in [0.5, 0.6) is 11.5 Å². The van der Waals surface area contributed by atoms with Gasteiger partial charge in [-0.15, -0.1) is 0 Å². The number of aromatic amines is 1. The molecule has 0 aliphatic carbocycles. The van der Waals surface area contributed by atoms with E-state index in [4.69, 9.17) is 9.47 Å². The minimum absolute atomic E-state index is 0.115. The Morgan fingerprint density at radius 1 is 1.07 bits per heavy atom. The lowest BCUT2D eigenvalue weighted by Crippen LogP contribution is -2.36. The Balaban J connectivity index is 1.87. The van der Waals surface area contributed by atoms with Crippen LogP contribution in [0.4, 0.5) is 0 Å². The van der Waals surface area contributed by atoms with E-state index in [0.29, 0.717) is 11.5 Å². The standard InChI is InChI=1S/C22H24N2O5/c1-14-19(18-6-4-5-7-20(18)23-14)11-21(25)24(13-22(26)27)12-15-8-16(28-2)10-17(9-15)29-3/h4-10,23H,11-13H2,1-3H3,(H,26,27). The summed E-state index contributed by atoms with van der Waals surface area (Å²) in [5.74, 6) is -0.171. The molecule has 0 saturated carbocycles. The Morgan fingerprint density at radius 2 is 1.72 bits per heavy atom. The van der Waals surface area contributed by atoms with Crippen molar-refractivity contribution in [3.8, 4) is 11.5 Å². The molecule has 3 rings (SSSR count). The first kappa shape index (κ1) is 20.3. The first-order valence-corrected chi connectivity index (χ1v) is 9.19. The van der Waals surface area contributed by atoms with E-state index < -0.39 is 5.97 Å². The van der Waals surface area contributed by atoms with Crippen LogP contribution in [0.25, 0.3) is 10.9 Å². The van der Waals surface area contributed by atoms with Crippen molar-refractivity contribution >= 4 is 22.8 Å². The van der Waals surface area contributed by atoms with E-state index in [1.54, 1.807) is 32.4 Å². The van der Waals surface area contributed by atoms with Crippen LogP contribution < -0.4 is 9.47 Å². The molecule has 1 aromatic heterocycles. The van der Waals surface area contributed by atoms with Crippen LogP contribution >= 0.6 is 0 Å². The first-order chi connectivity index (χ1) is 13.9. The summed E-state index contributed by atoms with van der Waals surface area (Å²) in [5.41, 5.74) is 3.46. The molecule has 0 fully saturated rings. The number of aryl methyl sites for hydroxylation is 1. The van der Waals surface area contributed by atoms with Crippen molar-refractivity contribution in [2.45, 2.75) is 19.9 Å². The number of carbonyl (C=O) groups excluding carboxylic acids is 1. The summed E-state index contributed by atoms with van der Waals surface area (Å²) in [6, 6.07) is 13.0. The lowest BCUT2D eigenvalue weighted by molar-refractivity contribution is -0.144. The zero-order valence-electron chi connectivity index (χ0n) is 16.7. The molecule has 3 aromatic rings. The molecule has 0 atom stereocenters. The highest BCUT2D eigenvalue weighted by atomic mass is 16.5. The number of amides is 1. The van der Waals surface area contributed by atoms with Crippen molar-refractivity contribution in [1.82, 2.24) is 9.88 Å². The predicted molar refractivity (Wildman–Crippen MR) is 109 cm³/mol. The number of rotatable bonds is 8. The average Bonchev–Trinajstić information content (AvgIpc) is 3.02. The van der Waals surface area contributed by atoms with Gasteiger partial charge >= 0.3 is 5.97 Å². The Hall–Kier alpha value is -3.48. The van der Waals surface area contributed by atoms with Crippen LogP contribution in [0.1, 0.15) is 16.8 Å². The highest BCUT2D eigenvalue weighted by molar-refractivity contribution is 5.91. The lowest BCUT2D eigenvalue weighted by atomic mass is 10.1. The van der Waals surface area contributed by atoms with E-state index in [1.807, 2.05) is 31.2 Å². The van der Waals surface area contributed by atoms with Gasteiger partial charge in [0.1, 0.15) is 18.0 Å². The fourth-order valence-corrected chi connectivity index (χ4v) is 3.40. The number of hydrogen-bond acceptors (Lipinski definition) is 4. The number of hydrogen-bond donors (Lipinski definition) is 2. The van der Waals surface area contributed by atoms with Crippen molar-refractivity contribution in [3.63, 3.8) is 0 Å². The maximum Gasteiger partial charge on any atom is 0.323 e. The first-order valence-electron chi connectivity index (χ1n) is 9.19. The molecule has 0 saturated heterocycles. The van der Waals surface area contributed by atoms with Gasteiger partial charge in [0.2, 0.25) is 5.91 Å². The minimum atomic E-state index is -1.07. The molecule has 7 nitrogen and oxygen atoms in total. The molecule has 1 amide bonds. The molecule has 0 spiro atoms. The Bertz CT molecular complexity index is 1020. The molecule has 29 heavy (non-hydrogen) atoms. The number of aromatic nitrogens is 1. The highest BCUT2D eigenvalue weighted by Crippen LogP contribution is 2.25. The number of nitrogens with zero attached hydrogens (tertiary/aromatic N) is 1. The van der Waals surface area contributed by atoms with Gasteiger partial charge in [0.15, 0.2) is 0 Å². The van der Waals surface area contributed by atoms with E-state index in [-0.39, 0.29) is 25.4 Å². The predicted octanol–water partition coefficient (Wildman–Crippen LogP) is 3.15. The van der Waals surface area contributed by atoms with Gasteiger partial charge in [0.05, 0.1) is 20.6 Å². The molecule has 0 aliphatic rings. The third-order valence-electron chi connectivity index (χ3n) is 4.82. The van der Waals surface area contributed by atoms with Gasteiger partial charge in [-0.25, -0.2) is 0 Å². The van der Waals surface area contributed by atoms with Gasteiger partial charge in [-0.3, -0.25) is 9.59 Å². The smallest absolute Gasteiger partial charge is 0.323 e.